The van der Waals surface area contributed by atoms with Gasteiger partial charge in [-0.05, 0) is 26.0 Å². The Hall–Kier alpha value is -2.93. The van der Waals surface area contributed by atoms with E-state index in [2.05, 4.69) is 5.32 Å². The number of rotatable bonds is 5. The van der Waals surface area contributed by atoms with Crippen molar-refractivity contribution in [3.63, 3.8) is 0 Å². The minimum Gasteiger partial charge on any atom is -0.455 e. The predicted molar refractivity (Wildman–Crippen MR) is 109 cm³/mol. The number of carbonyl (C=O) groups excluding carboxylic acids is 1. The van der Waals surface area contributed by atoms with Crippen LogP contribution in [0.1, 0.15) is 22.8 Å². The largest absolute Gasteiger partial charge is 0.455 e. The van der Waals surface area contributed by atoms with Gasteiger partial charge in [-0.3, -0.25) is 9.59 Å². The number of sulfone groups is 1. The van der Waals surface area contributed by atoms with Crippen LogP contribution < -0.4 is 10.7 Å². The first-order valence-electron chi connectivity index (χ1n) is 8.79. The lowest BCUT2D eigenvalue weighted by Crippen LogP contribution is -2.34. The van der Waals surface area contributed by atoms with Gasteiger partial charge in [0.15, 0.2) is 20.8 Å². The molecule has 0 aliphatic heterocycles. The SMILES string of the molecule is Cc1c(-c2ccccc2)oc2c(C(=O)NCC(C)S(C)(=O)=O)cccc2c1=O. The highest BCUT2D eigenvalue weighted by molar-refractivity contribution is 7.91. The molecule has 0 saturated carbocycles. The van der Waals surface area contributed by atoms with E-state index in [9.17, 15) is 18.0 Å². The topological polar surface area (TPSA) is 93.4 Å². The fraction of sp³-hybridized carbons (Fsp3) is 0.238. The monoisotopic (exact) mass is 399 g/mol. The first-order chi connectivity index (χ1) is 13.2. The van der Waals surface area contributed by atoms with Crippen LogP contribution in [0, 0.1) is 6.92 Å². The molecule has 1 amide bonds. The molecule has 0 bridgehead atoms. The summed E-state index contributed by atoms with van der Waals surface area (Å²) in [6, 6.07) is 14.0. The Balaban J connectivity index is 2.08. The molecule has 3 aromatic rings. The second-order valence-corrected chi connectivity index (χ2v) is 9.25. The lowest BCUT2D eigenvalue weighted by Gasteiger charge is -2.13. The maximum Gasteiger partial charge on any atom is 0.255 e. The number of benzene rings is 2. The summed E-state index contributed by atoms with van der Waals surface area (Å²) in [5.74, 6) is -0.0880. The zero-order chi connectivity index (χ0) is 20.5. The van der Waals surface area contributed by atoms with Crippen molar-refractivity contribution in [2.75, 3.05) is 12.8 Å². The minimum absolute atomic E-state index is 0.0321. The summed E-state index contributed by atoms with van der Waals surface area (Å²) in [4.78, 5) is 25.5. The standard InChI is InChI=1S/C21H21NO5S/c1-13(28(3,25)26)12-22-21(24)17-11-7-10-16-18(23)14(2)19(27-20(16)17)15-8-5-4-6-9-15/h4-11,13H,12H2,1-3H3,(H,22,24). The van der Waals surface area contributed by atoms with Crippen LogP contribution in [0.4, 0.5) is 0 Å². The third-order valence-corrected chi connectivity index (χ3v) is 6.34. The molecule has 0 saturated heterocycles. The molecule has 1 heterocycles. The van der Waals surface area contributed by atoms with Gasteiger partial charge in [-0.25, -0.2) is 8.42 Å². The number of para-hydroxylation sites is 1. The number of hydrogen-bond acceptors (Lipinski definition) is 5. The van der Waals surface area contributed by atoms with Gasteiger partial charge in [-0.1, -0.05) is 36.4 Å². The molecular weight excluding hydrogens is 378 g/mol. The quantitative estimate of drug-likeness (QED) is 0.712. The van der Waals surface area contributed by atoms with E-state index in [1.54, 1.807) is 25.1 Å². The lowest BCUT2D eigenvalue weighted by atomic mass is 10.0. The van der Waals surface area contributed by atoms with Gasteiger partial charge >= 0.3 is 0 Å². The predicted octanol–water partition coefficient (Wildman–Crippen LogP) is 2.93. The Morgan fingerprint density at radius 3 is 2.43 bits per heavy atom. The molecule has 0 spiro atoms. The zero-order valence-electron chi connectivity index (χ0n) is 15.9. The molecule has 0 fully saturated rings. The van der Waals surface area contributed by atoms with Crippen molar-refractivity contribution in [2.24, 2.45) is 0 Å². The molecule has 28 heavy (non-hydrogen) atoms. The van der Waals surface area contributed by atoms with Crippen LogP contribution in [0.3, 0.4) is 0 Å². The van der Waals surface area contributed by atoms with Crippen molar-refractivity contribution in [1.29, 1.82) is 0 Å². The average Bonchev–Trinajstić information content (AvgIpc) is 2.68. The Morgan fingerprint density at radius 1 is 1.11 bits per heavy atom. The van der Waals surface area contributed by atoms with E-state index < -0.39 is 21.0 Å². The molecule has 1 unspecified atom stereocenters. The summed E-state index contributed by atoms with van der Waals surface area (Å²) in [6.45, 7) is 3.18. The second-order valence-electron chi connectivity index (χ2n) is 6.78. The summed E-state index contributed by atoms with van der Waals surface area (Å²) in [5, 5.41) is 2.20. The lowest BCUT2D eigenvalue weighted by molar-refractivity contribution is 0.0954. The number of hydrogen-bond donors (Lipinski definition) is 1. The van der Waals surface area contributed by atoms with Crippen molar-refractivity contribution < 1.29 is 17.6 Å². The average molecular weight is 399 g/mol. The maximum absolute atomic E-state index is 12.8. The van der Waals surface area contributed by atoms with Crippen molar-refractivity contribution in [3.05, 3.63) is 69.9 Å². The van der Waals surface area contributed by atoms with Crippen LogP contribution in [0.2, 0.25) is 0 Å². The summed E-state index contributed by atoms with van der Waals surface area (Å²) in [5.41, 5.74) is 1.36. The highest BCUT2D eigenvalue weighted by Gasteiger charge is 2.20. The molecule has 0 aliphatic rings. The van der Waals surface area contributed by atoms with Crippen LogP contribution in [-0.4, -0.2) is 32.4 Å². The van der Waals surface area contributed by atoms with Crippen molar-refractivity contribution in [1.82, 2.24) is 5.32 Å². The number of amides is 1. The normalized spacial score (nSPS) is 12.7. The Kier molecular flexibility index (Phi) is 5.38. The highest BCUT2D eigenvalue weighted by Crippen LogP contribution is 2.27. The Morgan fingerprint density at radius 2 is 1.79 bits per heavy atom. The van der Waals surface area contributed by atoms with Gasteiger partial charge in [0.1, 0.15) is 5.76 Å². The Labute approximate surface area is 163 Å². The summed E-state index contributed by atoms with van der Waals surface area (Å²) >= 11 is 0. The molecule has 1 atom stereocenters. The molecule has 0 aliphatic carbocycles. The van der Waals surface area contributed by atoms with E-state index in [0.717, 1.165) is 11.8 Å². The van der Waals surface area contributed by atoms with Crippen LogP contribution >= 0.6 is 0 Å². The van der Waals surface area contributed by atoms with Gasteiger partial charge < -0.3 is 9.73 Å². The van der Waals surface area contributed by atoms with Crippen molar-refractivity contribution in [2.45, 2.75) is 19.1 Å². The smallest absolute Gasteiger partial charge is 0.255 e. The second kappa shape index (κ2) is 7.59. The number of nitrogens with one attached hydrogen (secondary N) is 1. The van der Waals surface area contributed by atoms with E-state index in [-0.39, 0.29) is 23.1 Å². The minimum atomic E-state index is -3.27. The van der Waals surface area contributed by atoms with Crippen molar-refractivity contribution >= 4 is 26.7 Å². The first kappa shape index (κ1) is 19.8. The van der Waals surface area contributed by atoms with Crippen LogP contribution in [0.25, 0.3) is 22.3 Å². The number of carbonyl (C=O) groups is 1. The van der Waals surface area contributed by atoms with Crippen LogP contribution in [0.5, 0.6) is 0 Å². The maximum atomic E-state index is 12.8. The summed E-state index contributed by atoms with van der Waals surface area (Å²) in [7, 11) is -3.27. The van der Waals surface area contributed by atoms with Gasteiger partial charge in [-0.15, -0.1) is 0 Å². The van der Waals surface area contributed by atoms with Gasteiger partial charge in [0.25, 0.3) is 5.91 Å². The fourth-order valence-electron chi connectivity index (χ4n) is 2.84. The zero-order valence-corrected chi connectivity index (χ0v) is 16.7. The molecule has 2 aromatic carbocycles. The van der Waals surface area contributed by atoms with E-state index >= 15 is 0 Å². The molecule has 1 aromatic heterocycles. The third kappa shape index (κ3) is 3.84. The first-order valence-corrected chi connectivity index (χ1v) is 10.7. The molecule has 1 N–H and O–H groups in total. The molecule has 7 heteroatoms. The summed E-state index contributed by atoms with van der Waals surface area (Å²) in [6.07, 6.45) is 1.12. The summed E-state index contributed by atoms with van der Waals surface area (Å²) < 4.78 is 29.1. The van der Waals surface area contributed by atoms with Crippen molar-refractivity contribution in [3.8, 4) is 11.3 Å². The molecule has 6 nitrogen and oxygen atoms in total. The van der Waals surface area contributed by atoms with Gasteiger partial charge in [-0.2, -0.15) is 0 Å². The van der Waals surface area contributed by atoms with Gasteiger partial charge in [0, 0.05) is 23.9 Å². The molecule has 146 valence electrons. The van der Waals surface area contributed by atoms with E-state index in [0.29, 0.717) is 16.7 Å². The molecule has 0 radical (unpaired) electrons. The third-order valence-electron chi connectivity index (χ3n) is 4.71. The number of fused-ring (bicyclic) bond motifs is 1. The fourth-order valence-corrected chi connectivity index (χ4v) is 3.22. The van der Waals surface area contributed by atoms with E-state index in [1.807, 2.05) is 30.3 Å². The van der Waals surface area contributed by atoms with E-state index in [1.165, 1.54) is 6.92 Å². The molecular formula is C21H21NO5S. The molecule has 3 rings (SSSR count). The van der Waals surface area contributed by atoms with Crippen LogP contribution in [0.15, 0.2) is 57.7 Å². The Bertz CT molecular complexity index is 1200. The van der Waals surface area contributed by atoms with Crippen LogP contribution in [-0.2, 0) is 9.84 Å². The van der Waals surface area contributed by atoms with Gasteiger partial charge in [0.05, 0.1) is 16.2 Å². The van der Waals surface area contributed by atoms with E-state index in [4.69, 9.17) is 4.42 Å². The van der Waals surface area contributed by atoms with Gasteiger partial charge in [0.2, 0.25) is 0 Å². The highest BCUT2D eigenvalue weighted by atomic mass is 32.2.